The molecular formula is C16H18FNO4. The minimum absolute atomic E-state index is 0.0591. The number of halogens is 1. The van der Waals surface area contributed by atoms with E-state index in [4.69, 9.17) is 9.47 Å². The second-order valence-electron chi connectivity index (χ2n) is 5.74. The number of carbonyl (C=O) groups excluding carboxylic acids is 2. The number of rotatable bonds is 2. The number of aromatic nitrogens is 1. The summed E-state index contributed by atoms with van der Waals surface area (Å²) in [6, 6.07) is 5.57. The highest BCUT2D eigenvalue weighted by atomic mass is 19.1. The van der Waals surface area contributed by atoms with E-state index in [0.29, 0.717) is 0 Å². The molecule has 0 unspecified atom stereocenters. The molecule has 0 spiro atoms. The van der Waals surface area contributed by atoms with Gasteiger partial charge in [0.15, 0.2) is 0 Å². The van der Waals surface area contributed by atoms with Gasteiger partial charge in [0.25, 0.3) is 0 Å². The highest BCUT2D eigenvalue weighted by Gasteiger charge is 2.26. The molecule has 5 nitrogen and oxygen atoms in total. The lowest BCUT2D eigenvalue weighted by Crippen LogP contribution is -2.29. The van der Waals surface area contributed by atoms with Gasteiger partial charge in [-0.05, 0) is 45.9 Å². The van der Waals surface area contributed by atoms with Gasteiger partial charge in [-0.15, -0.1) is 0 Å². The van der Waals surface area contributed by atoms with E-state index < -0.39 is 23.5 Å². The third-order valence-corrected chi connectivity index (χ3v) is 2.85. The van der Waals surface area contributed by atoms with Crippen LogP contribution in [0.4, 0.5) is 9.18 Å². The van der Waals surface area contributed by atoms with Crippen LogP contribution < -0.4 is 0 Å². The zero-order valence-corrected chi connectivity index (χ0v) is 13.0. The average Bonchev–Trinajstić information content (AvgIpc) is 2.78. The quantitative estimate of drug-likeness (QED) is 0.793. The zero-order valence-electron chi connectivity index (χ0n) is 13.0. The van der Waals surface area contributed by atoms with Crippen molar-refractivity contribution in [1.82, 2.24) is 4.57 Å². The number of carbonyl (C=O) groups is 2. The molecule has 2 rings (SSSR count). The van der Waals surface area contributed by atoms with E-state index in [9.17, 15) is 14.0 Å². The second kappa shape index (κ2) is 5.79. The smallest absolute Gasteiger partial charge is 0.419 e. The normalized spacial score (nSPS) is 11.5. The Bertz CT molecular complexity index is 728. The Morgan fingerprint density at radius 3 is 2.55 bits per heavy atom. The molecule has 0 aliphatic carbocycles. The van der Waals surface area contributed by atoms with Crippen LogP contribution in [-0.2, 0) is 9.47 Å². The van der Waals surface area contributed by atoms with Crippen molar-refractivity contribution in [3.63, 3.8) is 0 Å². The first-order chi connectivity index (χ1) is 10.2. The first kappa shape index (κ1) is 16.0. The first-order valence-electron chi connectivity index (χ1n) is 6.95. The molecular weight excluding hydrogens is 289 g/mol. The van der Waals surface area contributed by atoms with Gasteiger partial charge in [0.1, 0.15) is 17.1 Å². The predicted octanol–water partition coefficient (Wildman–Crippen LogP) is 3.74. The molecule has 0 saturated carbocycles. The summed E-state index contributed by atoms with van der Waals surface area (Å²) in [4.78, 5) is 24.4. The van der Waals surface area contributed by atoms with Crippen molar-refractivity contribution in [2.75, 3.05) is 6.61 Å². The molecule has 0 fully saturated rings. The van der Waals surface area contributed by atoms with Gasteiger partial charge in [0, 0.05) is 5.39 Å². The van der Waals surface area contributed by atoms with Crippen LogP contribution in [0.25, 0.3) is 10.9 Å². The Balaban J connectivity index is 2.63. The Morgan fingerprint density at radius 1 is 1.27 bits per heavy atom. The van der Waals surface area contributed by atoms with E-state index in [2.05, 4.69) is 0 Å². The van der Waals surface area contributed by atoms with Gasteiger partial charge < -0.3 is 9.47 Å². The summed E-state index contributed by atoms with van der Waals surface area (Å²) >= 11 is 0. The summed E-state index contributed by atoms with van der Waals surface area (Å²) in [5.41, 5.74) is -0.541. The van der Waals surface area contributed by atoms with Crippen molar-refractivity contribution in [2.24, 2.45) is 0 Å². The van der Waals surface area contributed by atoms with Crippen LogP contribution in [0.1, 0.15) is 38.2 Å². The molecule has 0 amide bonds. The SMILES string of the molecule is CCOC(=O)c1cc2c(F)cccc2n1C(=O)OC(C)(C)C. The number of esters is 1. The van der Waals surface area contributed by atoms with E-state index in [1.807, 2.05) is 0 Å². The average molecular weight is 307 g/mol. The van der Waals surface area contributed by atoms with E-state index >= 15 is 0 Å². The molecule has 1 heterocycles. The number of nitrogens with zero attached hydrogens (tertiary/aromatic N) is 1. The highest BCUT2D eigenvalue weighted by molar-refractivity contribution is 6.01. The van der Waals surface area contributed by atoms with Crippen molar-refractivity contribution in [2.45, 2.75) is 33.3 Å². The van der Waals surface area contributed by atoms with Crippen LogP contribution in [0.5, 0.6) is 0 Å². The maximum absolute atomic E-state index is 13.9. The monoisotopic (exact) mass is 307 g/mol. The topological polar surface area (TPSA) is 57.5 Å². The van der Waals surface area contributed by atoms with Gasteiger partial charge in [-0.25, -0.2) is 18.5 Å². The predicted molar refractivity (Wildman–Crippen MR) is 79.5 cm³/mol. The molecule has 0 bridgehead atoms. The highest BCUT2D eigenvalue weighted by Crippen LogP contribution is 2.24. The van der Waals surface area contributed by atoms with Crippen molar-refractivity contribution in [3.05, 3.63) is 35.8 Å². The van der Waals surface area contributed by atoms with Crippen molar-refractivity contribution in [3.8, 4) is 0 Å². The lowest BCUT2D eigenvalue weighted by molar-refractivity contribution is 0.0454. The third kappa shape index (κ3) is 3.10. The zero-order chi connectivity index (χ0) is 16.5. The first-order valence-corrected chi connectivity index (χ1v) is 6.95. The number of fused-ring (bicyclic) bond motifs is 1. The minimum atomic E-state index is -0.754. The van der Waals surface area contributed by atoms with Gasteiger partial charge in [-0.2, -0.15) is 0 Å². The second-order valence-corrected chi connectivity index (χ2v) is 5.74. The summed E-state index contributed by atoms with van der Waals surface area (Å²) in [7, 11) is 0. The Morgan fingerprint density at radius 2 is 1.95 bits per heavy atom. The van der Waals surface area contributed by atoms with Crippen LogP contribution in [0.2, 0.25) is 0 Å². The van der Waals surface area contributed by atoms with E-state index in [1.54, 1.807) is 33.8 Å². The number of hydrogen-bond donors (Lipinski definition) is 0. The molecule has 6 heteroatoms. The standard InChI is InChI=1S/C16H18FNO4/c1-5-21-14(19)13-9-10-11(17)7-6-8-12(10)18(13)15(20)22-16(2,3)4/h6-9H,5H2,1-4H3. The molecule has 0 aliphatic rings. The van der Waals surface area contributed by atoms with Crippen LogP contribution in [-0.4, -0.2) is 28.8 Å². The largest absolute Gasteiger partial charge is 0.461 e. The number of benzene rings is 1. The van der Waals surface area contributed by atoms with E-state index in [0.717, 1.165) is 4.57 Å². The van der Waals surface area contributed by atoms with Crippen molar-refractivity contribution in [1.29, 1.82) is 0 Å². The van der Waals surface area contributed by atoms with Gasteiger partial charge in [0.2, 0.25) is 0 Å². The number of ether oxygens (including phenoxy) is 2. The Labute approximate surface area is 127 Å². The maximum Gasteiger partial charge on any atom is 0.419 e. The summed E-state index contributed by atoms with van der Waals surface area (Å²) < 4.78 is 25.2. The molecule has 1 aromatic heterocycles. The summed E-state index contributed by atoms with van der Waals surface area (Å²) in [5, 5.41) is 0.163. The Kier molecular flexibility index (Phi) is 4.21. The summed E-state index contributed by atoms with van der Waals surface area (Å²) in [6.45, 7) is 6.93. The van der Waals surface area contributed by atoms with Gasteiger partial charge in [-0.1, -0.05) is 6.07 Å². The van der Waals surface area contributed by atoms with Crippen LogP contribution in [0, 0.1) is 5.82 Å². The molecule has 22 heavy (non-hydrogen) atoms. The van der Waals surface area contributed by atoms with E-state index in [1.165, 1.54) is 18.2 Å². The van der Waals surface area contributed by atoms with Crippen LogP contribution >= 0.6 is 0 Å². The minimum Gasteiger partial charge on any atom is -0.461 e. The van der Waals surface area contributed by atoms with Gasteiger partial charge in [-0.3, -0.25) is 0 Å². The molecule has 0 aliphatic heterocycles. The number of hydrogen-bond acceptors (Lipinski definition) is 4. The molecule has 2 aromatic rings. The molecule has 118 valence electrons. The van der Waals surface area contributed by atoms with Crippen molar-refractivity contribution >= 4 is 23.0 Å². The lowest BCUT2D eigenvalue weighted by atomic mass is 10.2. The Hall–Kier alpha value is -2.37. The van der Waals surface area contributed by atoms with Crippen molar-refractivity contribution < 1.29 is 23.5 Å². The summed E-state index contributed by atoms with van der Waals surface area (Å²) in [6.07, 6.45) is -0.754. The molecule has 0 atom stereocenters. The van der Waals surface area contributed by atoms with Gasteiger partial charge in [0.05, 0.1) is 12.1 Å². The fraction of sp³-hybridized carbons (Fsp3) is 0.375. The van der Waals surface area contributed by atoms with Crippen LogP contribution in [0.3, 0.4) is 0 Å². The fourth-order valence-electron chi connectivity index (χ4n) is 2.05. The fourth-order valence-corrected chi connectivity index (χ4v) is 2.05. The molecule has 0 N–H and O–H groups in total. The third-order valence-electron chi connectivity index (χ3n) is 2.85. The lowest BCUT2D eigenvalue weighted by Gasteiger charge is -2.20. The maximum atomic E-state index is 13.9. The molecule has 0 radical (unpaired) electrons. The molecule has 0 saturated heterocycles. The van der Waals surface area contributed by atoms with E-state index in [-0.39, 0.29) is 23.2 Å². The van der Waals surface area contributed by atoms with Crippen LogP contribution in [0.15, 0.2) is 24.3 Å². The van der Waals surface area contributed by atoms with Gasteiger partial charge >= 0.3 is 12.1 Å². The molecule has 1 aromatic carbocycles. The summed E-state index contributed by atoms with van der Waals surface area (Å²) in [5.74, 6) is -1.23.